The predicted octanol–water partition coefficient (Wildman–Crippen LogP) is 6.22. The van der Waals surface area contributed by atoms with Gasteiger partial charge in [-0.2, -0.15) is 4.37 Å². The fraction of sp³-hybridized carbons (Fsp3) is 0.231. The second kappa shape index (κ2) is 10.3. The van der Waals surface area contributed by atoms with E-state index in [1.54, 1.807) is 29.7 Å². The number of aromatic nitrogens is 1. The maximum absolute atomic E-state index is 12.5. The number of halogens is 2. The van der Waals surface area contributed by atoms with Crippen molar-refractivity contribution in [3.8, 4) is 0 Å². The lowest BCUT2D eigenvalue weighted by Crippen LogP contribution is -2.47. The van der Waals surface area contributed by atoms with Gasteiger partial charge in [-0.1, -0.05) is 47.5 Å². The van der Waals surface area contributed by atoms with Gasteiger partial charge in [0.2, 0.25) is 0 Å². The van der Waals surface area contributed by atoms with Crippen LogP contribution in [0.25, 0.3) is 10.1 Å². The number of piperazine rings is 1. The number of nitrogens with one attached hydrogen (secondary N) is 1. The van der Waals surface area contributed by atoms with Crippen LogP contribution in [0, 0.1) is 0 Å². The minimum atomic E-state index is -0.250. The lowest BCUT2D eigenvalue weighted by atomic mass is 10.1. The van der Waals surface area contributed by atoms with Gasteiger partial charge < -0.3 is 10.2 Å². The second-order valence-electron chi connectivity index (χ2n) is 8.36. The molecule has 34 heavy (non-hydrogen) atoms. The molecule has 0 unspecified atom stereocenters. The third kappa shape index (κ3) is 5.20. The van der Waals surface area contributed by atoms with Crippen LogP contribution in [-0.4, -0.2) is 47.9 Å². The topological polar surface area (TPSA) is 48.5 Å². The Hall–Kier alpha value is -2.64. The van der Waals surface area contributed by atoms with Crippen molar-refractivity contribution < 1.29 is 4.79 Å². The Morgan fingerprint density at radius 3 is 2.50 bits per heavy atom. The average Bonchev–Trinajstić information content (AvgIpc) is 3.28. The van der Waals surface area contributed by atoms with Gasteiger partial charge in [0, 0.05) is 48.8 Å². The molecule has 1 aliphatic rings. The van der Waals surface area contributed by atoms with Crippen molar-refractivity contribution in [1.82, 2.24) is 9.27 Å². The SMILES string of the molecule is O=C(Nc1ccc(CCN2CCN(c3nsc4ccccc34)CC2)cc1)c1ccc(Cl)cc1Cl. The molecule has 2 heterocycles. The van der Waals surface area contributed by atoms with E-state index in [1.807, 2.05) is 12.1 Å². The third-order valence-electron chi connectivity index (χ3n) is 6.13. The Balaban J connectivity index is 1.11. The molecule has 8 heteroatoms. The number of carbonyl (C=O) groups is 1. The number of carbonyl (C=O) groups excluding carboxylic acids is 1. The number of anilines is 2. The number of benzene rings is 3. The smallest absolute Gasteiger partial charge is 0.257 e. The molecular weight excluding hydrogens is 487 g/mol. The standard InChI is InChI=1S/C26H24Cl2N4OS/c27-19-7-10-21(23(28)17-19)26(33)29-20-8-5-18(6-9-20)11-12-31-13-15-32(16-14-31)25-22-3-1-2-4-24(22)34-30-25/h1-10,17H,11-16H2,(H,29,33). The molecule has 0 aliphatic carbocycles. The molecule has 1 N–H and O–H groups in total. The van der Waals surface area contributed by atoms with E-state index in [2.05, 4.69) is 51.5 Å². The first-order chi connectivity index (χ1) is 16.6. The van der Waals surface area contributed by atoms with E-state index >= 15 is 0 Å². The summed E-state index contributed by atoms with van der Waals surface area (Å²) in [4.78, 5) is 17.4. The summed E-state index contributed by atoms with van der Waals surface area (Å²) in [7, 11) is 0. The highest BCUT2D eigenvalue weighted by molar-refractivity contribution is 7.13. The minimum Gasteiger partial charge on any atom is -0.353 e. The molecule has 0 spiro atoms. The molecule has 3 aromatic carbocycles. The summed E-state index contributed by atoms with van der Waals surface area (Å²) in [5, 5.41) is 4.99. The van der Waals surface area contributed by atoms with Gasteiger partial charge in [0.25, 0.3) is 5.91 Å². The van der Waals surface area contributed by atoms with Gasteiger partial charge in [-0.05, 0) is 66.0 Å². The normalized spacial score (nSPS) is 14.5. The molecule has 4 aromatic rings. The molecule has 1 aromatic heterocycles. The molecule has 0 saturated carbocycles. The zero-order valence-corrected chi connectivity index (χ0v) is 20.8. The fourth-order valence-electron chi connectivity index (χ4n) is 4.20. The Morgan fingerprint density at radius 1 is 0.971 bits per heavy atom. The number of rotatable bonds is 6. The first kappa shape index (κ1) is 23.1. The van der Waals surface area contributed by atoms with Crippen LogP contribution < -0.4 is 10.2 Å². The molecular formula is C26H24Cl2N4OS. The van der Waals surface area contributed by atoms with Crippen molar-refractivity contribution in [3.63, 3.8) is 0 Å². The summed E-state index contributed by atoms with van der Waals surface area (Å²) < 4.78 is 5.95. The molecule has 174 valence electrons. The summed E-state index contributed by atoms with van der Waals surface area (Å²) in [6.45, 7) is 5.05. The Labute approximate surface area is 213 Å². The van der Waals surface area contributed by atoms with Crippen LogP contribution in [0.1, 0.15) is 15.9 Å². The molecule has 1 fully saturated rings. The molecule has 1 amide bonds. The van der Waals surface area contributed by atoms with Crippen LogP contribution in [0.2, 0.25) is 10.0 Å². The molecule has 5 nitrogen and oxygen atoms in total. The predicted molar refractivity (Wildman–Crippen MR) is 143 cm³/mol. The lowest BCUT2D eigenvalue weighted by molar-refractivity contribution is 0.102. The summed E-state index contributed by atoms with van der Waals surface area (Å²) in [5.41, 5.74) is 2.39. The Morgan fingerprint density at radius 2 is 1.74 bits per heavy atom. The molecule has 0 bridgehead atoms. The average molecular weight is 511 g/mol. The van der Waals surface area contributed by atoms with Gasteiger partial charge >= 0.3 is 0 Å². The Kier molecular flexibility index (Phi) is 7.02. The Bertz CT molecular complexity index is 1300. The van der Waals surface area contributed by atoms with Crippen molar-refractivity contribution >= 4 is 62.2 Å². The highest BCUT2D eigenvalue weighted by atomic mass is 35.5. The first-order valence-electron chi connectivity index (χ1n) is 11.2. The van der Waals surface area contributed by atoms with Crippen molar-refractivity contribution in [2.75, 3.05) is 42.9 Å². The molecule has 5 rings (SSSR count). The van der Waals surface area contributed by atoms with E-state index in [9.17, 15) is 4.79 Å². The second-order valence-corrected chi connectivity index (χ2v) is 10.0. The first-order valence-corrected chi connectivity index (χ1v) is 12.8. The van der Waals surface area contributed by atoms with Gasteiger partial charge in [0.1, 0.15) is 5.82 Å². The number of nitrogens with zero attached hydrogens (tertiary/aromatic N) is 3. The number of hydrogen-bond donors (Lipinski definition) is 1. The van der Waals surface area contributed by atoms with Gasteiger partial charge in [0.15, 0.2) is 0 Å². The van der Waals surface area contributed by atoms with Crippen LogP contribution >= 0.6 is 34.7 Å². The third-order valence-corrected chi connectivity index (χ3v) is 7.50. The fourth-order valence-corrected chi connectivity index (χ4v) is 5.49. The van der Waals surface area contributed by atoms with Crippen LogP contribution in [0.4, 0.5) is 11.5 Å². The number of hydrogen-bond acceptors (Lipinski definition) is 5. The highest BCUT2D eigenvalue weighted by Crippen LogP contribution is 2.30. The maximum Gasteiger partial charge on any atom is 0.257 e. The van der Waals surface area contributed by atoms with Crippen LogP contribution in [0.15, 0.2) is 66.7 Å². The summed E-state index contributed by atoms with van der Waals surface area (Å²) >= 11 is 13.6. The van der Waals surface area contributed by atoms with Crippen molar-refractivity contribution in [3.05, 3.63) is 87.9 Å². The van der Waals surface area contributed by atoms with E-state index in [0.29, 0.717) is 15.6 Å². The monoisotopic (exact) mass is 510 g/mol. The van der Waals surface area contributed by atoms with Gasteiger partial charge in [-0.3, -0.25) is 9.69 Å². The maximum atomic E-state index is 12.5. The van der Waals surface area contributed by atoms with Crippen molar-refractivity contribution in [1.29, 1.82) is 0 Å². The minimum absolute atomic E-state index is 0.250. The van der Waals surface area contributed by atoms with E-state index in [1.165, 1.54) is 15.6 Å². The number of amides is 1. The zero-order valence-electron chi connectivity index (χ0n) is 18.5. The van der Waals surface area contributed by atoms with E-state index < -0.39 is 0 Å². The molecule has 0 atom stereocenters. The zero-order chi connectivity index (χ0) is 23.5. The van der Waals surface area contributed by atoms with E-state index in [4.69, 9.17) is 27.6 Å². The van der Waals surface area contributed by atoms with Crippen LogP contribution in [0.3, 0.4) is 0 Å². The summed E-state index contributed by atoms with van der Waals surface area (Å²) in [6, 6.07) is 21.3. The molecule has 0 radical (unpaired) electrons. The number of fused-ring (bicyclic) bond motifs is 1. The molecule has 1 saturated heterocycles. The van der Waals surface area contributed by atoms with Gasteiger partial charge in [-0.15, -0.1) is 0 Å². The largest absolute Gasteiger partial charge is 0.353 e. The summed E-state index contributed by atoms with van der Waals surface area (Å²) in [5.74, 6) is 0.873. The van der Waals surface area contributed by atoms with Crippen LogP contribution in [0.5, 0.6) is 0 Å². The van der Waals surface area contributed by atoms with E-state index in [-0.39, 0.29) is 5.91 Å². The summed E-state index contributed by atoms with van der Waals surface area (Å²) in [6.07, 6.45) is 0.969. The van der Waals surface area contributed by atoms with Gasteiger partial charge in [-0.25, -0.2) is 0 Å². The van der Waals surface area contributed by atoms with Crippen molar-refractivity contribution in [2.24, 2.45) is 0 Å². The van der Waals surface area contributed by atoms with Crippen LogP contribution in [-0.2, 0) is 6.42 Å². The lowest BCUT2D eigenvalue weighted by Gasteiger charge is -2.35. The van der Waals surface area contributed by atoms with Crippen molar-refractivity contribution in [2.45, 2.75) is 6.42 Å². The van der Waals surface area contributed by atoms with Gasteiger partial charge in [0.05, 0.1) is 15.3 Å². The van der Waals surface area contributed by atoms with E-state index in [0.717, 1.165) is 50.6 Å². The highest BCUT2D eigenvalue weighted by Gasteiger charge is 2.20. The molecule has 1 aliphatic heterocycles. The quantitative estimate of drug-likeness (QED) is 0.334.